The summed E-state index contributed by atoms with van der Waals surface area (Å²) in [6.07, 6.45) is -4.69. The number of aromatic nitrogens is 2. The summed E-state index contributed by atoms with van der Waals surface area (Å²) >= 11 is 0.843. The molecule has 12 heteroatoms. The van der Waals surface area contributed by atoms with Crippen LogP contribution >= 0.6 is 11.7 Å². The Morgan fingerprint density at radius 1 is 1.28 bits per heavy atom. The fourth-order valence-electron chi connectivity index (χ4n) is 2.24. The van der Waals surface area contributed by atoms with Crippen LogP contribution in [0.15, 0.2) is 18.2 Å². The molecule has 0 unspecified atom stereocenters. The van der Waals surface area contributed by atoms with E-state index in [1.165, 1.54) is 0 Å². The van der Waals surface area contributed by atoms with Crippen molar-refractivity contribution in [3.8, 4) is 11.6 Å². The van der Waals surface area contributed by atoms with Gasteiger partial charge in [-0.05, 0) is 12.1 Å². The van der Waals surface area contributed by atoms with Gasteiger partial charge in [0, 0.05) is 19.2 Å². The van der Waals surface area contributed by atoms with Crippen LogP contribution in [-0.2, 0) is 10.9 Å². The molecule has 25 heavy (non-hydrogen) atoms. The Hall–Kier alpha value is -2.47. The molecule has 0 N–H and O–H groups in total. The fraction of sp³-hybridized carbons (Fsp3) is 0.385. The molecule has 0 spiro atoms. The Morgan fingerprint density at radius 3 is 2.64 bits per heavy atom. The minimum Gasteiger partial charge on any atom is -0.428 e. The first-order valence-electron chi connectivity index (χ1n) is 7.05. The summed E-state index contributed by atoms with van der Waals surface area (Å²) in [5.74, 6) is 0.0532. The van der Waals surface area contributed by atoms with Crippen LogP contribution in [0.25, 0.3) is 0 Å². The average Bonchev–Trinajstić information content (AvgIpc) is 3.03. The lowest BCUT2D eigenvalue weighted by Gasteiger charge is -2.26. The van der Waals surface area contributed by atoms with Crippen molar-refractivity contribution in [1.29, 1.82) is 0 Å². The quantitative estimate of drug-likeness (QED) is 0.598. The molecule has 2 aromatic rings. The van der Waals surface area contributed by atoms with E-state index in [0.717, 1.165) is 23.9 Å². The Labute approximate surface area is 143 Å². The molecule has 0 bridgehead atoms. The predicted molar refractivity (Wildman–Crippen MR) is 81.1 cm³/mol. The minimum atomic E-state index is -4.69. The third-order valence-corrected chi connectivity index (χ3v) is 3.94. The molecule has 1 fully saturated rings. The number of anilines is 1. The second-order valence-electron chi connectivity index (χ2n) is 5.03. The van der Waals surface area contributed by atoms with Crippen molar-refractivity contribution in [2.24, 2.45) is 0 Å². The van der Waals surface area contributed by atoms with Crippen LogP contribution < -0.4 is 9.64 Å². The van der Waals surface area contributed by atoms with Crippen LogP contribution in [0.4, 0.5) is 24.7 Å². The fourth-order valence-corrected chi connectivity index (χ4v) is 2.74. The monoisotopic (exact) mass is 376 g/mol. The van der Waals surface area contributed by atoms with E-state index in [1.54, 1.807) is 0 Å². The molecule has 3 rings (SSSR count). The summed E-state index contributed by atoms with van der Waals surface area (Å²) in [7, 11) is 0. The SMILES string of the molecule is O=[N+]([O-])c1cc(C(F)(F)F)ccc1Oc1nsnc1N1CCOCC1. The standard InChI is InChI=1S/C13H11F3N4O4S/c14-13(15,16)8-1-2-10(9(7-8)20(21)22)24-12-11(17-25-18-12)19-3-5-23-6-4-19/h1-2,7H,3-6H2. The van der Waals surface area contributed by atoms with Gasteiger partial charge in [0.1, 0.15) is 0 Å². The van der Waals surface area contributed by atoms with Crippen molar-refractivity contribution in [1.82, 2.24) is 8.75 Å². The van der Waals surface area contributed by atoms with E-state index in [2.05, 4.69) is 8.75 Å². The number of ether oxygens (including phenoxy) is 2. The number of hydrogen-bond acceptors (Lipinski definition) is 8. The van der Waals surface area contributed by atoms with Gasteiger partial charge in [0.25, 0.3) is 5.88 Å². The van der Waals surface area contributed by atoms with Crippen molar-refractivity contribution in [2.45, 2.75) is 6.18 Å². The van der Waals surface area contributed by atoms with Gasteiger partial charge in [-0.2, -0.15) is 17.5 Å². The van der Waals surface area contributed by atoms with Gasteiger partial charge in [-0.3, -0.25) is 10.1 Å². The van der Waals surface area contributed by atoms with Gasteiger partial charge < -0.3 is 14.4 Å². The predicted octanol–water partition coefficient (Wildman–Crippen LogP) is 3.09. The first kappa shape index (κ1) is 17.4. The summed E-state index contributed by atoms with van der Waals surface area (Å²) < 4.78 is 56.9. The van der Waals surface area contributed by atoms with Crippen LogP contribution in [0.5, 0.6) is 11.6 Å². The molecule has 0 radical (unpaired) electrons. The van der Waals surface area contributed by atoms with Gasteiger partial charge in [-0.15, -0.1) is 4.37 Å². The third kappa shape index (κ3) is 3.79. The van der Waals surface area contributed by atoms with Crippen molar-refractivity contribution in [3.05, 3.63) is 33.9 Å². The lowest BCUT2D eigenvalue weighted by molar-refractivity contribution is -0.385. The number of rotatable bonds is 4. The molecular formula is C13H11F3N4O4S. The van der Waals surface area contributed by atoms with Crippen LogP contribution in [0, 0.1) is 10.1 Å². The summed E-state index contributed by atoms with van der Waals surface area (Å²) in [5.41, 5.74) is -1.92. The lowest BCUT2D eigenvalue weighted by Crippen LogP contribution is -2.36. The topological polar surface area (TPSA) is 90.6 Å². The zero-order valence-corrected chi connectivity index (χ0v) is 13.3. The molecule has 0 amide bonds. The van der Waals surface area contributed by atoms with Crippen LogP contribution in [0.2, 0.25) is 0 Å². The number of nitro groups is 1. The van der Waals surface area contributed by atoms with E-state index in [0.29, 0.717) is 38.2 Å². The Bertz CT molecular complexity index is 777. The summed E-state index contributed by atoms with van der Waals surface area (Å²) in [5, 5.41) is 11.1. The molecule has 134 valence electrons. The Balaban J connectivity index is 1.91. The average molecular weight is 376 g/mol. The minimum absolute atomic E-state index is 0.00904. The zero-order chi connectivity index (χ0) is 18.0. The maximum atomic E-state index is 12.7. The largest absolute Gasteiger partial charge is 0.428 e. The van der Waals surface area contributed by atoms with Crippen LogP contribution in [-0.4, -0.2) is 40.0 Å². The summed E-state index contributed by atoms with van der Waals surface area (Å²) in [6, 6.07) is 2.06. The highest BCUT2D eigenvalue weighted by Crippen LogP contribution is 2.39. The number of morpholine rings is 1. The maximum Gasteiger partial charge on any atom is 0.416 e. The number of alkyl halides is 3. The maximum absolute atomic E-state index is 12.7. The zero-order valence-electron chi connectivity index (χ0n) is 12.5. The molecule has 8 nitrogen and oxygen atoms in total. The summed E-state index contributed by atoms with van der Waals surface area (Å²) in [4.78, 5) is 12.0. The molecule has 0 atom stereocenters. The highest BCUT2D eigenvalue weighted by Gasteiger charge is 2.34. The number of nitro benzene ring substituents is 1. The van der Waals surface area contributed by atoms with Crippen molar-refractivity contribution in [3.63, 3.8) is 0 Å². The Kier molecular flexibility index (Phi) is 4.72. The molecule has 1 aromatic heterocycles. The normalized spacial score (nSPS) is 15.2. The second kappa shape index (κ2) is 6.80. The smallest absolute Gasteiger partial charge is 0.416 e. The molecule has 0 saturated carbocycles. The first-order valence-corrected chi connectivity index (χ1v) is 7.78. The second-order valence-corrected chi connectivity index (χ2v) is 5.56. The van der Waals surface area contributed by atoms with E-state index in [1.807, 2.05) is 4.90 Å². The third-order valence-electron chi connectivity index (χ3n) is 3.44. The van der Waals surface area contributed by atoms with E-state index in [-0.39, 0.29) is 11.6 Å². The molecule has 0 aliphatic carbocycles. The lowest BCUT2D eigenvalue weighted by atomic mass is 10.2. The molecule has 1 aliphatic heterocycles. The number of benzene rings is 1. The highest BCUT2D eigenvalue weighted by atomic mass is 32.1. The molecule has 1 aliphatic rings. The van der Waals surface area contributed by atoms with E-state index in [4.69, 9.17) is 9.47 Å². The molecular weight excluding hydrogens is 365 g/mol. The van der Waals surface area contributed by atoms with Gasteiger partial charge in [-0.25, -0.2) is 0 Å². The highest BCUT2D eigenvalue weighted by molar-refractivity contribution is 6.99. The van der Waals surface area contributed by atoms with Crippen molar-refractivity contribution >= 4 is 23.2 Å². The first-order chi connectivity index (χ1) is 11.9. The number of halogens is 3. The van der Waals surface area contributed by atoms with Gasteiger partial charge in [0.05, 0.1) is 35.4 Å². The Morgan fingerprint density at radius 2 is 2.00 bits per heavy atom. The van der Waals surface area contributed by atoms with Gasteiger partial charge in [0.15, 0.2) is 0 Å². The van der Waals surface area contributed by atoms with Crippen molar-refractivity contribution < 1.29 is 27.6 Å². The molecule has 1 aromatic carbocycles. The van der Waals surface area contributed by atoms with E-state index >= 15 is 0 Å². The van der Waals surface area contributed by atoms with Gasteiger partial charge in [0.2, 0.25) is 11.6 Å². The number of nitrogens with zero attached hydrogens (tertiary/aromatic N) is 4. The van der Waals surface area contributed by atoms with E-state index in [9.17, 15) is 23.3 Å². The molecule has 1 saturated heterocycles. The van der Waals surface area contributed by atoms with Gasteiger partial charge >= 0.3 is 11.9 Å². The summed E-state index contributed by atoms with van der Waals surface area (Å²) in [6.45, 7) is 2.04. The molecule has 2 heterocycles. The van der Waals surface area contributed by atoms with Gasteiger partial charge in [-0.1, -0.05) is 0 Å². The van der Waals surface area contributed by atoms with Crippen molar-refractivity contribution in [2.75, 3.05) is 31.2 Å². The van der Waals surface area contributed by atoms with Crippen LogP contribution in [0.1, 0.15) is 5.56 Å². The number of hydrogen-bond donors (Lipinski definition) is 0. The van der Waals surface area contributed by atoms with Crippen LogP contribution in [0.3, 0.4) is 0 Å². The van der Waals surface area contributed by atoms with E-state index < -0.39 is 22.4 Å².